The fourth-order valence-electron chi connectivity index (χ4n) is 3.35. The summed E-state index contributed by atoms with van der Waals surface area (Å²) in [6, 6.07) is 7.72. The quantitative estimate of drug-likeness (QED) is 0.451. The van der Waals surface area contributed by atoms with E-state index in [-0.39, 0.29) is 5.92 Å². The highest BCUT2D eigenvalue weighted by Gasteiger charge is 2.35. The molecule has 5 nitrogen and oxygen atoms in total. The van der Waals surface area contributed by atoms with Crippen LogP contribution in [0.3, 0.4) is 0 Å². The Morgan fingerprint density at radius 1 is 1.21 bits per heavy atom. The Hall–Kier alpha value is -2.21. The van der Waals surface area contributed by atoms with Crippen molar-refractivity contribution >= 4 is 11.6 Å². The number of ether oxygens (including phenoxy) is 3. The number of benzene rings is 1. The lowest BCUT2D eigenvalue weighted by Gasteiger charge is -2.35. The van der Waals surface area contributed by atoms with Gasteiger partial charge in [-0.25, -0.2) is 0 Å². The smallest absolute Gasteiger partial charge is 0.118 e. The Morgan fingerprint density at radius 2 is 1.93 bits per heavy atom. The van der Waals surface area contributed by atoms with Crippen molar-refractivity contribution in [2.45, 2.75) is 19.8 Å². The van der Waals surface area contributed by atoms with Crippen LogP contribution in [0.2, 0.25) is 5.02 Å². The summed E-state index contributed by atoms with van der Waals surface area (Å²) in [5.74, 6) is 0.858. The van der Waals surface area contributed by atoms with Crippen LogP contribution in [-0.4, -0.2) is 33.5 Å². The lowest BCUT2D eigenvalue weighted by Crippen LogP contribution is -2.30. The zero-order chi connectivity index (χ0) is 20.7. The average molecular weight is 405 g/mol. The Kier molecular flexibility index (Phi) is 8.18. The first-order chi connectivity index (χ1) is 13.5. The van der Waals surface area contributed by atoms with Crippen LogP contribution in [0.25, 0.3) is 0 Å². The molecule has 1 aliphatic rings. The first kappa shape index (κ1) is 22.1. The van der Waals surface area contributed by atoms with Gasteiger partial charge in [0.15, 0.2) is 0 Å². The SMILES string of the molecule is C=C(OC)C1=C(C)NC(COCCN)=C(C(=C)OCC)C1c1ccccc1Cl. The molecule has 0 aromatic heterocycles. The van der Waals surface area contributed by atoms with Crippen molar-refractivity contribution < 1.29 is 14.2 Å². The molecule has 3 N–H and O–H groups in total. The predicted molar refractivity (Wildman–Crippen MR) is 114 cm³/mol. The van der Waals surface area contributed by atoms with Gasteiger partial charge in [0.05, 0.1) is 26.9 Å². The summed E-state index contributed by atoms with van der Waals surface area (Å²) < 4.78 is 17.0. The van der Waals surface area contributed by atoms with E-state index < -0.39 is 0 Å². The summed E-state index contributed by atoms with van der Waals surface area (Å²) in [6.07, 6.45) is 0. The van der Waals surface area contributed by atoms with Crippen molar-refractivity contribution in [2.24, 2.45) is 5.73 Å². The zero-order valence-corrected chi connectivity index (χ0v) is 17.6. The molecule has 0 saturated carbocycles. The van der Waals surface area contributed by atoms with Crippen LogP contribution < -0.4 is 11.1 Å². The minimum atomic E-state index is -0.252. The number of hydrogen-bond donors (Lipinski definition) is 2. The van der Waals surface area contributed by atoms with Gasteiger partial charge in [0.25, 0.3) is 0 Å². The number of nitrogens with two attached hydrogens (primary N) is 1. The van der Waals surface area contributed by atoms with Crippen LogP contribution in [0.15, 0.2) is 71.5 Å². The molecule has 6 heteroatoms. The van der Waals surface area contributed by atoms with Gasteiger partial charge < -0.3 is 25.3 Å². The summed E-state index contributed by atoms with van der Waals surface area (Å²) in [7, 11) is 1.60. The predicted octanol–water partition coefficient (Wildman–Crippen LogP) is 4.24. The van der Waals surface area contributed by atoms with Crippen LogP contribution in [0.5, 0.6) is 0 Å². The Morgan fingerprint density at radius 3 is 2.54 bits per heavy atom. The van der Waals surface area contributed by atoms with Gasteiger partial charge in [0, 0.05) is 40.0 Å². The number of dihydropyridines is 1. The lowest BCUT2D eigenvalue weighted by molar-refractivity contribution is 0.158. The van der Waals surface area contributed by atoms with E-state index >= 15 is 0 Å². The van der Waals surface area contributed by atoms with Gasteiger partial charge >= 0.3 is 0 Å². The standard InChI is InChI=1S/C22H29ClN2O3/c1-6-28-16(4)21-19(13-27-12-11-24)25-14(2)20(15(3)26-5)22(21)17-9-7-8-10-18(17)23/h7-10,22,25H,3-4,6,11-13,24H2,1-2,5H3. The summed E-state index contributed by atoms with van der Waals surface area (Å²) >= 11 is 6.59. The third kappa shape index (κ3) is 4.79. The molecule has 0 bridgehead atoms. The molecule has 1 atom stereocenters. The van der Waals surface area contributed by atoms with Crippen molar-refractivity contribution in [3.8, 4) is 0 Å². The van der Waals surface area contributed by atoms with Gasteiger partial charge in [0.1, 0.15) is 11.5 Å². The van der Waals surface area contributed by atoms with Crippen LogP contribution in [0.1, 0.15) is 25.3 Å². The molecular weight excluding hydrogens is 376 g/mol. The molecule has 1 aliphatic heterocycles. The highest BCUT2D eigenvalue weighted by molar-refractivity contribution is 6.31. The highest BCUT2D eigenvalue weighted by Crippen LogP contribution is 2.45. The van der Waals surface area contributed by atoms with E-state index in [9.17, 15) is 0 Å². The van der Waals surface area contributed by atoms with Crippen LogP contribution in [-0.2, 0) is 14.2 Å². The number of rotatable bonds is 10. The van der Waals surface area contributed by atoms with Crippen LogP contribution in [0.4, 0.5) is 0 Å². The summed E-state index contributed by atoms with van der Waals surface area (Å²) in [5.41, 5.74) is 10.0. The maximum absolute atomic E-state index is 6.59. The molecule has 0 amide bonds. The molecule has 1 heterocycles. The molecular formula is C22H29ClN2O3. The summed E-state index contributed by atoms with van der Waals surface area (Å²) in [6.45, 7) is 13.9. The monoisotopic (exact) mass is 404 g/mol. The zero-order valence-electron chi connectivity index (χ0n) is 16.8. The van der Waals surface area contributed by atoms with Crippen LogP contribution in [0, 0.1) is 0 Å². The molecule has 2 rings (SSSR count). The second-order valence-electron chi connectivity index (χ2n) is 6.34. The van der Waals surface area contributed by atoms with Gasteiger partial charge in [-0.2, -0.15) is 0 Å². The van der Waals surface area contributed by atoms with Gasteiger partial charge in [-0.3, -0.25) is 0 Å². The second-order valence-corrected chi connectivity index (χ2v) is 6.74. The first-order valence-electron chi connectivity index (χ1n) is 9.24. The lowest BCUT2D eigenvalue weighted by atomic mass is 9.79. The molecule has 0 fully saturated rings. The molecule has 0 saturated heterocycles. The van der Waals surface area contributed by atoms with Gasteiger partial charge in [0.2, 0.25) is 0 Å². The van der Waals surface area contributed by atoms with Crippen molar-refractivity contribution in [1.82, 2.24) is 5.32 Å². The number of hydrogen-bond acceptors (Lipinski definition) is 5. The van der Waals surface area contributed by atoms with E-state index in [4.69, 9.17) is 31.5 Å². The molecule has 0 spiro atoms. The maximum Gasteiger partial charge on any atom is 0.118 e. The Balaban J connectivity index is 2.67. The fraction of sp³-hybridized carbons (Fsp3) is 0.364. The summed E-state index contributed by atoms with van der Waals surface area (Å²) in [5, 5.41) is 4.06. The normalized spacial score (nSPS) is 16.7. The molecule has 1 aromatic carbocycles. The van der Waals surface area contributed by atoms with Crippen molar-refractivity contribution in [2.75, 3.05) is 33.5 Å². The number of allylic oxidation sites excluding steroid dienone is 3. The molecule has 152 valence electrons. The first-order valence-corrected chi connectivity index (χ1v) is 9.62. The van der Waals surface area contributed by atoms with Gasteiger partial charge in [-0.05, 0) is 25.5 Å². The van der Waals surface area contributed by atoms with E-state index in [1.54, 1.807) is 7.11 Å². The van der Waals surface area contributed by atoms with E-state index in [0.29, 0.717) is 42.9 Å². The fourth-order valence-corrected chi connectivity index (χ4v) is 3.59. The average Bonchev–Trinajstić information content (AvgIpc) is 2.67. The van der Waals surface area contributed by atoms with E-state index in [1.807, 2.05) is 38.1 Å². The Bertz CT molecular complexity index is 799. The molecule has 0 radical (unpaired) electrons. The van der Waals surface area contributed by atoms with Crippen molar-refractivity contribution in [3.05, 3.63) is 82.1 Å². The minimum Gasteiger partial charge on any atom is -0.497 e. The van der Waals surface area contributed by atoms with Crippen molar-refractivity contribution in [1.29, 1.82) is 0 Å². The van der Waals surface area contributed by atoms with E-state index in [0.717, 1.165) is 28.1 Å². The van der Waals surface area contributed by atoms with Crippen molar-refractivity contribution in [3.63, 3.8) is 0 Å². The van der Waals surface area contributed by atoms with Crippen LogP contribution >= 0.6 is 11.6 Å². The molecule has 28 heavy (non-hydrogen) atoms. The van der Waals surface area contributed by atoms with Gasteiger partial charge in [-0.1, -0.05) is 43.0 Å². The Labute approximate surface area is 172 Å². The third-order valence-corrected chi connectivity index (χ3v) is 4.88. The number of halogens is 1. The molecule has 1 unspecified atom stereocenters. The molecule has 1 aromatic rings. The highest BCUT2D eigenvalue weighted by atomic mass is 35.5. The third-order valence-electron chi connectivity index (χ3n) is 4.54. The minimum absolute atomic E-state index is 0.252. The molecule has 0 aliphatic carbocycles. The van der Waals surface area contributed by atoms with E-state index in [2.05, 4.69) is 18.5 Å². The van der Waals surface area contributed by atoms with E-state index in [1.165, 1.54) is 0 Å². The largest absolute Gasteiger partial charge is 0.497 e. The van der Waals surface area contributed by atoms with Gasteiger partial charge in [-0.15, -0.1) is 0 Å². The number of nitrogens with one attached hydrogen (secondary N) is 1. The maximum atomic E-state index is 6.59. The second kappa shape index (κ2) is 10.4. The summed E-state index contributed by atoms with van der Waals surface area (Å²) in [4.78, 5) is 0. The topological polar surface area (TPSA) is 65.7 Å². The number of methoxy groups -OCH3 is 1.